The van der Waals surface area contributed by atoms with E-state index in [1.807, 2.05) is 36.5 Å². The van der Waals surface area contributed by atoms with E-state index < -0.39 is 6.09 Å². The van der Waals surface area contributed by atoms with Crippen molar-refractivity contribution < 1.29 is 14.3 Å². The second-order valence-corrected chi connectivity index (χ2v) is 10.7. The fourth-order valence-corrected chi connectivity index (χ4v) is 4.81. The molecular formula is C24H27ClN4O3S2. The molecule has 3 aromatic rings. The van der Waals surface area contributed by atoms with Crippen molar-refractivity contribution in [3.8, 4) is 21.0 Å². The van der Waals surface area contributed by atoms with Crippen LogP contribution in [0.2, 0.25) is 0 Å². The Morgan fingerprint density at radius 1 is 1.09 bits per heavy atom. The normalized spacial score (nSPS) is 11.2. The number of benzene rings is 2. The number of anilines is 2. The highest BCUT2D eigenvalue weighted by Crippen LogP contribution is 2.38. The van der Waals surface area contributed by atoms with Gasteiger partial charge in [-0.15, -0.1) is 22.9 Å². The zero-order valence-electron chi connectivity index (χ0n) is 19.4. The summed E-state index contributed by atoms with van der Waals surface area (Å²) in [6, 6.07) is 13.2. The number of nitrogens with one attached hydrogen (secondary N) is 3. The lowest BCUT2D eigenvalue weighted by molar-refractivity contribution is -0.114. The van der Waals surface area contributed by atoms with Crippen molar-refractivity contribution in [2.75, 3.05) is 23.1 Å². The maximum atomic E-state index is 11.7. The monoisotopic (exact) mass is 518 g/mol. The van der Waals surface area contributed by atoms with Gasteiger partial charge < -0.3 is 10.1 Å². The van der Waals surface area contributed by atoms with E-state index in [1.165, 1.54) is 18.9 Å². The van der Waals surface area contributed by atoms with Gasteiger partial charge in [-0.3, -0.25) is 14.8 Å². The Kier molecular flexibility index (Phi) is 8.96. The van der Waals surface area contributed by atoms with Gasteiger partial charge >= 0.3 is 6.09 Å². The molecule has 0 aliphatic heterocycles. The molecule has 180 valence electrons. The SMILES string of the molecule is CC(=O)Nc1ccc(-c2cnc(-c3ccc(NC(=O)OCCCl)cc3)s2)c(SNC(C)(C)C)c1. The summed E-state index contributed by atoms with van der Waals surface area (Å²) in [6.07, 6.45) is 1.31. The van der Waals surface area contributed by atoms with Crippen molar-refractivity contribution in [3.05, 3.63) is 48.7 Å². The number of thiazole rings is 1. The molecule has 0 aliphatic rings. The van der Waals surface area contributed by atoms with Crippen molar-refractivity contribution in [1.29, 1.82) is 0 Å². The Hall–Kier alpha value is -2.59. The lowest BCUT2D eigenvalue weighted by Gasteiger charge is -2.20. The van der Waals surface area contributed by atoms with Crippen LogP contribution in [0.4, 0.5) is 16.2 Å². The van der Waals surface area contributed by atoms with Crippen molar-refractivity contribution in [2.24, 2.45) is 0 Å². The van der Waals surface area contributed by atoms with E-state index in [4.69, 9.17) is 16.3 Å². The molecule has 0 saturated heterocycles. The molecule has 0 atom stereocenters. The molecule has 3 N–H and O–H groups in total. The number of carbonyl (C=O) groups is 2. The highest BCUT2D eigenvalue weighted by Gasteiger charge is 2.16. The van der Waals surface area contributed by atoms with Crippen molar-refractivity contribution in [2.45, 2.75) is 38.1 Å². The van der Waals surface area contributed by atoms with E-state index in [1.54, 1.807) is 23.5 Å². The van der Waals surface area contributed by atoms with Crippen LogP contribution in [0.1, 0.15) is 27.7 Å². The van der Waals surface area contributed by atoms with Gasteiger partial charge in [0.15, 0.2) is 0 Å². The Morgan fingerprint density at radius 2 is 1.79 bits per heavy atom. The van der Waals surface area contributed by atoms with Gasteiger partial charge in [0.05, 0.1) is 10.8 Å². The standard InChI is InChI=1S/C24H27ClN4O3S2/c1-15(30)27-18-9-10-19(20(13-18)34-29-24(2,3)4)21-14-26-22(33-21)16-5-7-17(8-6-16)28-23(31)32-12-11-25/h5-10,13-14,29H,11-12H2,1-4H3,(H,27,30)(H,28,31). The maximum Gasteiger partial charge on any atom is 0.411 e. The lowest BCUT2D eigenvalue weighted by atomic mass is 10.1. The topological polar surface area (TPSA) is 92.4 Å². The Labute approximate surface area is 212 Å². The molecule has 2 aromatic carbocycles. The largest absolute Gasteiger partial charge is 0.448 e. The number of aromatic nitrogens is 1. The van der Waals surface area contributed by atoms with E-state index >= 15 is 0 Å². The number of carbonyl (C=O) groups excluding carboxylic acids is 2. The summed E-state index contributed by atoms with van der Waals surface area (Å²) in [5.74, 6) is 0.138. The van der Waals surface area contributed by atoms with Crippen molar-refractivity contribution in [1.82, 2.24) is 9.71 Å². The highest BCUT2D eigenvalue weighted by molar-refractivity contribution is 7.97. The Bertz CT molecular complexity index is 1140. The number of nitrogens with zero attached hydrogens (tertiary/aromatic N) is 1. The number of hydrogen-bond acceptors (Lipinski definition) is 7. The molecule has 1 heterocycles. The number of ether oxygens (including phenoxy) is 1. The van der Waals surface area contributed by atoms with Crippen LogP contribution in [-0.4, -0.2) is 35.0 Å². The van der Waals surface area contributed by atoms with Crippen LogP contribution in [0.3, 0.4) is 0 Å². The first kappa shape index (κ1) is 26.0. The van der Waals surface area contributed by atoms with Gasteiger partial charge in [0.2, 0.25) is 5.91 Å². The minimum atomic E-state index is -0.540. The molecule has 34 heavy (non-hydrogen) atoms. The number of hydrogen-bond donors (Lipinski definition) is 3. The minimum Gasteiger partial charge on any atom is -0.448 e. The molecule has 2 amide bonds. The Balaban J connectivity index is 1.81. The van der Waals surface area contributed by atoms with Gasteiger partial charge in [-0.2, -0.15) is 0 Å². The molecule has 0 unspecified atom stereocenters. The van der Waals surface area contributed by atoms with Crippen molar-refractivity contribution in [3.63, 3.8) is 0 Å². The van der Waals surface area contributed by atoms with Crippen LogP contribution >= 0.6 is 34.9 Å². The molecule has 0 aliphatic carbocycles. The van der Waals surface area contributed by atoms with E-state index in [-0.39, 0.29) is 23.9 Å². The van der Waals surface area contributed by atoms with Gasteiger partial charge in [-0.05, 0) is 69.1 Å². The number of alkyl halides is 1. The third-order valence-corrected chi connectivity index (χ3v) is 6.73. The molecule has 10 heteroatoms. The quantitative estimate of drug-likeness (QED) is 0.229. The summed E-state index contributed by atoms with van der Waals surface area (Å²) in [7, 11) is 0. The third-order valence-electron chi connectivity index (χ3n) is 4.23. The minimum absolute atomic E-state index is 0.0863. The molecule has 1 aromatic heterocycles. The van der Waals surface area contributed by atoms with Gasteiger partial charge in [0, 0.05) is 46.1 Å². The van der Waals surface area contributed by atoms with E-state index in [0.717, 1.165) is 31.6 Å². The molecule has 0 bridgehead atoms. The Morgan fingerprint density at radius 3 is 2.44 bits per heavy atom. The van der Waals surface area contributed by atoms with Crippen LogP contribution in [0.15, 0.2) is 53.6 Å². The average molecular weight is 519 g/mol. The molecule has 0 saturated carbocycles. The smallest absolute Gasteiger partial charge is 0.411 e. The fourth-order valence-electron chi connectivity index (χ4n) is 2.81. The zero-order chi connectivity index (χ0) is 24.7. The van der Waals surface area contributed by atoms with Crippen LogP contribution in [0, 0.1) is 0 Å². The number of amides is 2. The summed E-state index contributed by atoms with van der Waals surface area (Å²) in [4.78, 5) is 29.8. The molecule has 0 spiro atoms. The van der Waals surface area contributed by atoms with E-state index in [2.05, 4.69) is 41.1 Å². The second-order valence-electron chi connectivity index (χ2n) is 8.40. The van der Waals surface area contributed by atoms with Crippen LogP contribution in [0.5, 0.6) is 0 Å². The predicted molar refractivity (Wildman–Crippen MR) is 142 cm³/mol. The fraction of sp³-hybridized carbons (Fsp3) is 0.292. The van der Waals surface area contributed by atoms with E-state index in [0.29, 0.717) is 5.69 Å². The second kappa shape index (κ2) is 11.7. The average Bonchev–Trinajstić information content (AvgIpc) is 3.26. The molecule has 0 radical (unpaired) electrons. The third kappa shape index (κ3) is 7.73. The van der Waals surface area contributed by atoms with Gasteiger partial charge in [-0.25, -0.2) is 9.78 Å². The molecule has 7 nitrogen and oxygen atoms in total. The first-order valence-corrected chi connectivity index (χ1v) is 12.7. The van der Waals surface area contributed by atoms with Crippen LogP contribution < -0.4 is 15.4 Å². The summed E-state index contributed by atoms with van der Waals surface area (Å²) >= 11 is 8.62. The summed E-state index contributed by atoms with van der Waals surface area (Å²) in [6.45, 7) is 7.94. The van der Waals surface area contributed by atoms with Crippen LogP contribution in [0.25, 0.3) is 21.0 Å². The van der Waals surface area contributed by atoms with Gasteiger partial charge in [0.25, 0.3) is 0 Å². The molecular weight excluding hydrogens is 492 g/mol. The first-order chi connectivity index (χ1) is 16.1. The van der Waals surface area contributed by atoms with E-state index in [9.17, 15) is 9.59 Å². The zero-order valence-corrected chi connectivity index (χ0v) is 21.8. The van der Waals surface area contributed by atoms with Gasteiger partial charge in [-0.1, -0.05) is 6.07 Å². The van der Waals surface area contributed by atoms with Crippen molar-refractivity contribution >= 4 is 58.3 Å². The van der Waals surface area contributed by atoms with Crippen LogP contribution in [-0.2, 0) is 9.53 Å². The highest BCUT2D eigenvalue weighted by atomic mass is 35.5. The van der Waals surface area contributed by atoms with Gasteiger partial charge in [0.1, 0.15) is 11.6 Å². The maximum absolute atomic E-state index is 11.7. The summed E-state index contributed by atoms with van der Waals surface area (Å²) in [5.41, 5.74) is 3.25. The first-order valence-electron chi connectivity index (χ1n) is 10.6. The number of rotatable bonds is 8. The summed E-state index contributed by atoms with van der Waals surface area (Å²) < 4.78 is 8.36. The lowest BCUT2D eigenvalue weighted by Crippen LogP contribution is -2.29. The predicted octanol–water partition coefficient (Wildman–Crippen LogP) is 6.62. The summed E-state index contributed by atoms with van der Waals surface area (Å²) in [5, 5.41) is 6.36. The number of halogens is 1. The molecule has 0 fully saturated rings. The molecule has 3 rings (SSSR count).